The van der Waals surface area contributed by atoms with E-state index in [1.165, 1.54) is 16.2 Å². The number of hydrogen-bond acceptors (Lipinski definition) is 3. The predicted octanol–water partition coefficient (Wildman–Crippen LogP) is 6.09. The van der Waals surface area contributed by atoms with Crippen molar-refractivity contribution in [3.63, 3.8) is 0 Å². The molecule has 0 aliphatic heterocycles. The minimum Gasteiger partial charge on any atom is -0.322 e. The van der Waals surface area contributed by atoms with Crippen LogP contribution in [-0.4, -0.2) is 11.8 Å². The van der Waals surface area contributed by atoms with Crippen molar-refractivity contribution in [2.45, 2.75) is 32.6 Å². The van der Waals surface area contributed by atoms with E-state index in [1.54, 1.807) is 36.4 Å². The maximum atomic E-state index is 13.1. The molecule has 4 nitrogen and oxygen atoms in total. The number of amides is 2. The van der Waals surface area contributed by atoms with Crippen LogP contribution < -0.4 is 10.6 Å². The summed E-state index contributed by atoms with van der Waals surface area (Å²) >= 11 is 7.45. The van der Waals surface area contributed by atoms with Gasteiger partial charge >= 0.3 is 0 Å². The van der Waals surface area contributed by atoms with Crippen LogP contribution in [0, 0.1) is 6.92 Å². The minimum absolute atomic E-state index is 0.203. The average Bonchev–Trinajstić information content (AvgIpc) is 3.08. The van der Waals surface area contributed by atoms with E-state index in [9.17, 15) is 9.59 Å². The highest BCUT2D eigenvalue weighted by Crippen LogP contribution is 2.38. The molecule has 1 aliphatic rings. The Balaban J connectivity index is 1.64. The van der Waals surface area contributed by atoms with E-state index < -0.39 is 0 Å². The molecule has 1 heterocycles. The van der Waals surface area contributed by atoms with Gasteiger partial charge in [0.1, 0.15) is 5.00 Å². The molecule has 0 spiro atoms. The van der Waals surface area contributed by atoms with Gasteiger partial charge in [0.15, 0.2) is 0 Å². The first-order valence-electron chi connectivity index (χ1n) is 9.61. The van der Waals surface area contributed by atoms with Crippen molar-refractivity contribution >= 4 is 45.4 Å². The molecular weight excluding hydrogens is 404 g/mol. The molecule has 1 aliphatic carbocycles. The van der Waals surface area contributed by atoms with Crippen LogP contribution in [0.5, 0.6) is 0 Å². The van der Waals surface area contributed by atoms with Gasteiger partial charge in [-0.2, -0.15) is 0 Å². The van der Waals surface area contributed by atoms with Crippen LogP contribution >= 0.6 is 22.9 Å². The van der Waals surface area contributed by atoms with Crippen LogP contribution in [0.2, 0.25) is 5.02 Å². The van der Waals surface area contributed by atoms with Gasteiger partial charge in [0.2, 0.25) is 0 Å². The number of benzene rings is 2. The number of carbonyl (C=O) groups is 2. The summed E-state index contributed by atoms with van der Waals surface area (Å²) in [6.07, 6.45) is 3.96. The highest BCUT2D eigenvalue weighted by Gasteiger charge is 2.26. The van der Waals surface area contributed by atoms with Gasteiger partial charge in [-0.15, -0.1) is 11.3 Å². The second-order valence-corrected chi connectivity index (χ2v) is 8.74. The zero-order chi connectivity index (χ0) is 20.4. The summed E-state index contributed by atoms with van der Waals surface area (Å²) in [7, 11) is 0. The van der Waals surface area contributed by atoms with Crippen molar-refractivity contribution in [3.8, 4) is 0 Å². The van der Waals surface area contributed by atoms with Crippen molar-refractivity contribution in [2.24, 2.45) is 0 Å². The van der Waals surface area contributed by atoms with Crippen molar-refractivity contribution in [2.75, 3.05) is 10.6 Å². The number of halogens is 1. The fourth-order valence-electron chi connectivity index (χ4n) is 3.50. The smallest absolute Gasteiger partial charge is 0.258 e. The van der Waals surface area contributed by atoms with Gasteiger partial charge in [-0.25, -0.2) is 0 Å². The molecule has 1 aromatic heterocycles. The lowest BCUT2D eigenvalue weighted by Gasteiger charge is -2.13. The van der Waals surface area contributed by atoms with E-state index in [2.05, 4.69) is 10.6 Å². The molecule has 0 saturated heterocycles. The molecule has 148 valence electrons. The Morgan fingerprint density at radius 1 is 0.897 bits per heavy atom. The maximum Gasteiger partial charge on any atom is 0.258 e. The molecule has 2 amide bonds. The normalized spacial score (nSPS) is 12.9. The van der Waals surface area contributed by atoms with Gasteiger partial charge in [0, 0.05) is 21.2 Å². The lowest BCUT2D eigenvalue weighted by Crippen LogP contribution is -2.18. The van der Waals surface area contributed by atoms with Gasteiger partial charge in [-0.1, -0.05) is 29.3 Å². The number of rotatable bonds is 4. The number of hydrogen-bond donors (Lipinski definition) is 2. The summed E-state index contributed by atoms with van der Waals surface area (Å²) in [5, 5.41) is 7.15. The topological polar surface area (TPSA) is 58.2 Å². The summed E-state index contributed by atoms with van der Waals surface area (Å²) in [5.74, 6) is -0.407. The summed E-state index contributed by atoms with van der Waals surface area (Å²) < 4.78 is 0. The third kappa shape index (κ3) is 4.36. The van der Waals surface area contributed by atoms with Crippen molar-refractivity contribution in [3.05, 3.63) is 80.7 Å². The maximum absolute atomic E-state index is 13.1. The van der Waals surface area contributed by atoms with E-state index >= 15 is 0 Å². The van der Waals surface area contributed by atoms with Crippen LogP contribution in [0.1, 0.15) is 49.6 Å². The molecule has 29 heavy (non-hydrogen) atoms. The van der Waals surface area contributed by atoms with Crippen LogP contribution in [0.25, 0.3) is 0 Å². The molecular formula is C23H21ClN2O2S. The number of thiophene rings is 1. The summed E-state index contributed by atoms with van der Waals surface area (Å²) in [4.78, 5) is 27.1. The number of carbonyl (C=O) groups excluding carboxylic acids is 2. The van der Waals surface area contributed by atoms with Crippen molar-refractivity contribution in [1.29, 1.82) is 0 Å². The van der Waals surface area contributed by atoms with Gasteiger partial charge in [0.05, 0.1) is 5.56 Å². The van der Waals surface area contributed by atoms with E-state index in [4.69, 9.17) is 11.6 Å². The third-order valence-corrected chi connectivity index (χ3v) is 6.50. The molecule has 3 aromatic rings. The fourth-order valence-corrected chi connectivity index (χ4v) is 4.91. The van der Waals surface area contributed by atoms with Crippen LogP contribution in [-0.2, 0) is 12.8 Å². The first-order valence-corrected chi connectivity index (χ1v) is 10.8. The van der Waals surface area contributed by atoms with Crippen LogP contribution in [0.4, 0.5) is 10.7 Å². The van der Waals surface area contributed by atoms with Gasteiger partial charge in [-0.05, 0) is 74.6 Å². The highest BCUT2D eigenvalue weighted by atomic mass is 35.5. The standard InChI is InChI=1S/C23H21ClN2O2S/c1-14-6-8-15(9-7-14)21(27)26-23-20(18-4-2-3-5-19(18)29-23)22(28)25-17-12-10-16(24)11-13-17/h6-13H,2-5H2,1H3,(H,25,28)(H,26,27). The first kappa shape index (κ1) is 19.7. The van der Waals surface area contributed by atoms with E-state index in [1.807, 2.05) is 19.1 Å². The lowest BCUT2D eigenvalue weighted by molar-refractivity contribution is 0.102. The molecule has 0 atom stereocenters. The Morgan fingerprint density at radius 2 is 1.59 bits per heavy atom. The van der Waals surface area contributed by atoms with Crippen LogP contribution in [0.15, 0.2) is 48.5 Å². The van der Waals surface area contributed by atoms with Crippen LogP contribution in [0.3, 0.4) is 0 Å². The number of fused-ring (bicyclic) bond motifs is 1. The molecule has 2 N–H and O–H groups in total. The average molecular weight is 425 g/mol. The largest absolute Gasteiger partial charge is 0.322 e. The van der Waals surface area contributed by atoms with Gasteiger partial charge < -0.3 is 10.6 Å². The Bertz CT molecular complexity index is 1060. The second-order valence-electron chi connectivity index (χ2n) is 7.20. The third-order valence-electron chi connectivity index (χ3n) is 5.04. The van der Waals surface area contributed by atoms with Crippen molar-refractivity contribution < 1.29 is 9.59 Å². The molecule has 0 saturated carbocycles. The number of anilines is 2. The summed E-state index contributed by atoms with van der Waals surface area (Å²) in [6.45, 7) is 1.98. The Kier molecular flexibility index (Phi) is 5.69. The van der Waals surface area contributed by atoms with E-state index in [0.29, 0.717) is 26.8 Å². The zero-order valence-electron chi connectivity index (χ0n) is 16.0. The SMILES string of the molecule is Cc1ccc(C(=O)Nc2sc3c(c2C(=O)Nc2ccc(Cl)cc2)CCCC3)cc1. The van der Waals surface area contributed by atoms with E-state index in [0.717, 1.165) is 36.8 Å². The lowest BCUT2D eigenvalue weighted by atomic mass is 9.95. The number of nitrogens with one attached hydrogen (secondary N) is 2. The monoisotopic (exact) mass is 424 g/mol. The van der Waals surface area contributed by atoms with Gasteiger partial charge in [-0.3, -0.25) is 9.59 Å². The zero-order valence-corrected chi connectivity index (χ0v) is 17.6. The Hall–Kier alpha value is -2.63. The first-order chi connectivity index (χ1) is 14.0. The molecule has 0 fully saturated rings. The predicted molar refractivity (Wildman–Crippen MR) is 119 cm³/mol. The second kappa shape index (κ2) is 8.39. The molecule has 0 radical (unpaired) electrons. The van der Waals surface area contributed by atoms with E-state index in [-0.39, 0.29) is 11.8 Å². The highest BCUT2D eigenvalue weighted by molar-refractivity contribution is 7.17. The molecule has 2 aromatic carbocycles. The molecule has 0 bridgehead atoms. The Labute approximate surface area is 178 Å². The fraction of sp³-hybridized carbons (Fsp3) is 0.217. The summed E-state index contributed by atoms with van der Waals surface area (Å²) in [5.41, 5.74) is 3.99. The number of aryl methyl sites for hydroxylation is 2. The van der Waals surface area contributed by atoms with Crippen molar-refractivity contribution in [1.82, 2.24) is 0 Å². The minimum atomic E-state index is -0.205. The molecule has 4 rings (SSSR count). The summed E-state index contributed by atoms with van der Waals surface area (Å²) in [6, 6.07) is 14.4. The van der Waals surface area contributed by atoms with Gasteiger partial charge in [0.25, 0.3) is 11.8 Å². The Morgan fingerprint density at radius 3 is 2.31 bits per heavy atom. The quantitative estimate of drug-likeness (QED) is 0.532. The molecule has 6 heteroatoms. The molecule has 0 unspecified atom stereocenters.